The molecular formula is C25H24F2N2O4S. The maximum Gasteiger partial charge on any atom is 0.264 e. The maximum absolute atomic E-state index is 14.3. The molecule has 0 bridgehead atoms. The van der Waals surface area contributed by atoms with Crippen LogP contribution in [0.5, 0.6) is 5.75 Å². The smallest absolute Gasteiger partial charge is 0.264 e. The lowest BCUT2D eigenvalue weighted by molar-refractivity contribution is 0.0984. The zero-order chi connectivity index (χ0) is 24.6. The molecule has 6 nitrogen and oxygen atoms in total. The molecule has 1 aliphatic rings. The van der Waals surface area contributed by atoms with Gasteiger partial charge in [-0.15, -0.1) is 0 Å². The molecule has 1 heterocycles. The number of rotatable bonds is 5. The minimum absolute atomic E-state index is 0.0856. The van der Waals surface area contributed by atoms with Crippen molar-refractivity contribution in [2.45, 2.75) is 24.7 Å². The van der Waals surface area contributed by atoms with Crippen molar-refractivity contribution in [2.24, 2.45) is 0 Å². The predicted octanol–water partition coefficient (Wildman–Crippen LogP) is 4.70. The molecule has 0 saturated carbocycles. The van der Waals surface area contributed by atoms with Gasteiger partial charge in [0, 0.05) is 30.8 Å². The number of aryl methyl sites for hydroxylation is 1. The molecule has 0 aromatic heterocycles. The molecule has 0 spiro atoms. The molecule has 178 valence electrons. The zero-order valence-electron chi connectivity index (χ0n) is 19.0. The van der Waals surface area contributed by atoms with Gasteiger partial charge in [-0.25, -0.2) is 17.2 Å². The summed E-state index contributed by atoms with van der Waals surface area (Å²) in [4.78, 5) is 14.7. The summed E-state index contributed by atoms with van der Waals surface area (Å²) >= 11 is 0. The van der Waals surface area contributed by atoms with Gasteiger partial charge in [-0.05, 0) is 55.7 Å². The van der Waals surface area contributed by atoms with Crippen molar-refractivity contribution < 1.29 is 26.7 Å². The third-order valence-electron chi connectivity index (χ3n) is 6.00. The lowest BCUT2D eigenvalue weighted by atomic mass is 9.99. The number of hydrogen-bond acceptors (Lipinski definition) is 4. The van der Waals surface area contributed by atoms with Crippen LogP contribution < -0.4 is 13.9 Å². The number of sulfonamides is 1. The number of amides is 1. The molecule has 3 aromatic rings. The predicted molar refractivity (Wildman–Crippen MR) is 126 cm³/mol. The van der Waals surface area contributed by atoms with E-state index in [1.54, 1.807) is 37.3 Å². The Morgan fingerprint density at radius 1 is 1.09 bits per heavy atom. The molecule has 0 atom stereocenters. The first kappa shape index (κ1) is 23.7. The van der Waals surface area contributed by atoms with E-state index in [1.807, 2.05) is 0 Å². The molecule has 34 heavy (non-hydrogen) atoms. The minimum atomic E-state index is -4.04. The quantitative estimate of drug-likeness (QED) is 0.524. The van der Waals surface area contributed by atoms with Crippen molar-refractivity contribution >= 4 is 27.3 Å². The number of hydrogen-bond donors (Lipinski definition) is 0. The van der Waals surface area contributed by atoms with Gasteiger partial charge < -0.3 is 9.64 Å². The molecule has 0 aliphatic carbocycles. The highest BCUT2D eigenvalue weighted by Gasteiger charge is 2.30. The summed E-state index contributed by atoms with van der Waals surface area (Å²) in [5, 5.41) is 0. The van der Waals surface area contributed by atoms with E-state index < -0.39 is 27.6 Å². The second-order valence-corrected chi connectivity index (χ2v) is 10.0. The second kappa shape index (κ2) is 9.06. The van der Waals surface area contributed by atoms with Crippen molar-refractivity contribution in [2.75, 3.05) is 29.9 Å². The fourth-order valence-corrected chi connectivity index (χ4v) is 5.37. The second-order valence-electron chi connectivity index (χ2n) is 8.07. The van der Waals surface area contributed by atoms with Crippen molar-refractivity contribution in [3.63, 3.8) is 0 Å². The zero-order valence-corrected chi connectivity index (χ0v) is 19.8. The number of nitrogens with zero attached hydrogens (tertiary/aromatic N) is 2. The normalized spacial score (nSPS) is 13.4. The van der Waals surface area contributed by atoms with Crippen LogP contribution in [0.25, 0.3) is 0 Å². The lowest BCUT2D eigenvalue weighted by Gasteiger charge is -2.30. The summed E-state index contributed by atoms with van der Waals surface area (Å²) < 4.78 is 61.4. The summed E-state index contributed by atoms with van der Waals surface area (Å²) in [6.07, 6.45) is 0.900. The van der Waals surface area contributed by atoms with Gasteiger partial charge in [-0.2, -0.15) is 0 Å². The third kappa shape index (κ3) is 4.11. The highest BCUT2D eigenvalue weighted by atomic mass is 32.2. The molecule has 9 heteroatoms. The number of fused-ring (bicyclic) bond motifs is 1. The van der Waals surface area contributed by atoms with Crippen LogP contribution in [0.4, 0.5) is 20.2 Å². The van der Waals surface area contributed by atoms with Gasteiger partial charge in [-0.3, -0.25) is 9.10 Å². The molecule has 4 rings (SSSR count). The average Bonchev–Trinajstić information content (AvgIpc) is 2.82. The largest absolute Gasteiger partial charge is 0.495 e. The molecule has 0 radical (unpaired) electrons. The monoisotopic (exact) mass is 486 g/mol. The minimum Gasteiger partial charge on any atom is -0.495 e. The number of para-hydroxylation sites is 2. The van der Waals surface area contributed by atoms with E-state index in [9.17, 15) is 22.0 Å². The molecular weight excluding hydrogens is 462 g/mol. The topological polar surface area (TPSA) is 66.9 Å². The molecule has 0 fully saturated rings. The van der Waals surface area contributed by atoms with Crippen molar-refractivity contribution in [1.82, 2.24) is 0 Å². The SMILES string of the molecule is COc1ccccc1N(C)S(=O)(=O)c1ccc(C)c(C(=O)N2CCCc3c(F)cc(F)cc32)c1. The molecule has 0 unspecified atom stereocenters. The van der Waals surface area contributed by atoms with Crippen molar-refractivity contribution in [3.8, 4) is 5.75 Å². The highest BCUT2D eigenvalue weighted by molar-refractivity contribution is 7.92. The number of carbonyl (C=O) groups excluding carboxylic acids is 1. The fourth-order valence-electron chi connectivity index (χ4n) is 4.14. The van der Waals surface area contributed by atoms with E-state index in [4.69, 9.17) is 4.74 Å². The van der Waals surface area contributed by atoms with E-state index in [1.165, 1.54) is 31.2 Å². The Kier molecular flexibility index (Phi) is 6.31. The Labute approximate surface area is 197 Å². The van der Waals surface area contributed by atoms with Crippen LogP contribution in [-0.2, 0) is 16.4 Å². The first-order chi connectivity index (χ1) is 16.1. The summed E-state index contributed by atoms with van der Waals surface area (Å²) in [6, 6.07) is 12.9. The van der Waals surface area contributed by atoms with E-state index in [0.717, 1.165) is 16.4 Å². The maximum atomic E-state index is 14.3. The number of halogens is 2. The van der Waals surface area contributed by atoms with Crippen LogP contribution in [0.15, 0.2) is 59.5 Å². The first-order valence-electron chi connectivity index (χ1n) is 10.7. The van der Waals surface area contributed by atoms with Crippen LogP contribution in [0.2, 0.25) is 0 Å². The molecule has 1 amide bonds. The summed E-state index contributed by atoms with van der Waals surface area (Å²) in [7, 11) is -1.19. The average molecular weight is 487 g/mol. The third-order valence-corrected chi connectivity index (χ3v) is 7.77. The van der Waals surface area contributed by atoms with E-state index >= 15 is 0 Å². The van der Waals surface area contributed by atoms with Gasteiger partial charge in [0.05, 0.1) is 23.4 Å². The van der Waals surface area contributed by atoms with Gasteiger partial charge >= 0.3 is 0 Å². The number of methoxy groups -OCH3 is 1. The van der Waals surface area contributed by atoms with E-state index in [2.05, 4.69) is 0 Å². The summed E-state index contributed by atoms with van der Waals surface area (Å²) in [5.41, 5.74) is 1.49. The molecule has 1 aliphatic heterocycles. The number of benzene rings is 3. The van der Waals surface area contributed by atoms with Gasteiger partial charge in [0.25, 0.3) is 15.9 Å². The summed E-state index contributed by atoms with van der Waals surface area (Å²) in [5.74, 6) is -1.60. The fraction of sp³-hybridized carbons (Fsp3) is 0.240. The van der Waals surface area contributed by atoms with Crippen LogP contribution >= 0.6 is 0 Å². The van der Waals surface area contributed by atoms with Gasteiger partial charge in [0.15, 0.2) is 0 Å². The van der Waals surface area contributed by atoms with Crippen LogP contribution in [0, 0.1) is 18.6 Å². The van der Waals surface area contributed by atoms with Gasteiger partial charge in [0.2, 0.25) is 0 Å². The van der Waals surface area contributed by atoms with E-state index in [0.29, 0.717) is 29.8 Å². The molecule has 3 aromatic carbocycles. The number of carbonyl (C=O) groups is 1. The van der Waals surface area contributed by atoms with Gasteiger partial charge in [-0.1, -0.05) is 18.2 Å². The number of anilines is 2. The lowest BCUT2D eigenvalue weighted by Crippen LogP contribution is -2.36. The van der Waals surface area contributed by atoms with Gasteiger partial charge in [0.1, 0.15) is 17.4 Å². The summed E-state index contributed by atoms with van der Waals surface area (Å²) in [6.45, 7) is 1.96. The molecule has 0 N–H and O–H groups in total. The van der Waals surface area contributed by atoms with Crippen LogP contribution in [-0.4, -0.2) is 35.0 Å². The Bertz CT molecular complexity index is 1380. The standard InChI is InChI=1S/C25H24F2N2O4S/c1-16-10-11-18(34(31,32)28(2)22-8-4-5-9-24(22)33-3)15-20(16)25(30)29-12-6-7-19-21(27)13-17(26)14-23(19)29/h4-5,8-11,13-15H,6-7,12H2,1-3H3. The Hall–Kier alpha value is -3.46. The number of ether oxygens (including phenoxy) is 1. The van der Waals surface area contributed by atoms with Crippen LogP contribution in [0.1, 0.15) is 27.9 Å². The Balaban J connectivity index is 1.75. The Morgan fingerprint density at radius 2 is 1.82 bits per heavy atom. The van der Waals surface area contributed by atoms with Crippen LogP contribution in [0.3, 0.4) is 0 Å². The van der Waals surface area contributed by atoms with E-state index in [-0.39, 0.29) is 28.3 Å². The first-order valence-corrected chi connectivity index (χ1v) is 12.1. The van der Waals surface area contributed by atoms with Crippen molar-refractivity contribution in [1.29, 1.82) is 0 Å². The molecule has 0 saturated heterocycles. The highest BCUT2D eigenvalue weighted by Crippen LogP contribution is 2.34. The van der Waals surface area contributed by atoms with Crippen molar-refractivity contribution in [3.05, 3.63) is 82.9 Å². The Morgan fingerprint density at radius 3 is 2.56 bits per heavy atom.